The third-order valence-corrected chi connectivity index (χ3v) is 2.41. The fourth-order valence-electron chi connectivity index (χ4n) is 1.46. The third-order valence-electron chi connectivity index (χ3n) is 2.41. The highest BCUT2D eigenvalue weighted by Gasteiger charge is 2.11. The molecule has 0 saturated heterocycles. The number of benzene rings is 1. The Bertz CT molecular complexity index is 498. The molecule has 0 radical (unpaired) electrons. The molecule has 0 heterocycles. The molecule has 0 unspecified atom stereocenters. The fourth-order valence-corrected chi connectivity index (χ4v) is 1.46. The van der Waals surface area contributed by atoms with E-state index in [-0.39, 0.29) is 18.9 Å². The van der Waals surface area contributed by atoms with E-state index in [4.69, 9.17) is 14.6 Å². The molecule has 6 nitrogen and oxygen atoms in total. The molecule has 1 amide bonds. The molecule has 1 rings (SSSR count). The Balaban J connectivity index is 2.73. The molecule has 0 aliphatic heterocycles. The van der Waals surface area contributed by atoms with Crippen molar-refractivity contribution in [2.24, 2.45) is 0 Å². The Labute approximate surface area is 117 Å². The number of rotatable bonds is 8. The summed E-state index contributed by atoms with van der Waals surface area (Å²) in [5, 5.41) is 11.0. The summed E-state index contributed by atoms with van der Waals surface area (Å²) in [6, 6.07) is 4.74. The number of aliphatic carboxylic acids is 1. The van der Waals surface area contributed by atoms with Crippen LogP contribution in [0.3, 0.4) is 0 Å². The highest BCUT2D eigenvalue weighted by Crippen LogP contribution is 2.28. The number of carbonyl (C=O) groups is 2. The molecule has 108 valence electrons. The minimum Gasteiger partial charge on any atom is -0.493 e. The summed E-state index contributed by atoms with van der Waals surface area (Å²) >= 11 is 0. The number of hydrogen-bond donors (Lipinski definition) is 2. The van der Waals surface area contributed by atoms with Gasteiger partial charge in [0.2, 0.25) is 0 Å². The molecule has 1 aromatic carbocycles. The Hall–Kier alpha value is -2.50. The standard InChI is InChI=1S/C14H17NO5/c1-3-8-20-11-5-4-10(9-12(11)19-2)14(18)15-7-6-13(16)17/h3-5,9H,1,6-8H2,2H3,(H,15,18)(H,16,17). The van der Waals surface area contributed by atoms with Crippen LogP contribution in [0.1, 0.15) is 16.8 Å². The maximum atomic E-state index is 11.8. The van der Waals surface area contributed by atoms with Crippen LogP contribution in [-0.2, 0) is 4.79 Å². The zero-order valence-electron chi connectivity index (χ0n) is 11.2. The van der Waals surface area contributed by atoms with Crippen molar-refractivity contribution >= 4 is 11.9 Å². The van der Waals surface area contributed by atoms with Crippen LogP contribution in [0, 0.1) is 0 Å². The van der Waals surface area contributed by atoms with Gasteiger partial charge < -0.3 is 19.9 Å². The molecule has 0 aliphatic rings. The average molecular weight is 279 g/mol. The number of carboxylic acids is 1. The smallest absolute Gasteiger partial charge is 0.305 e. The van der Waals surface area contributed by atoms with Gasteiger partial charge in [-0.25, -0.2) is 0 Å². The molecule has 0 spiro atoms. The van der Waals surface area contributed by atoms with Crippen molar-refractivity contribution in [2.75, 3.05) is 20.3 Å². The molecule has 0 fully saturated rings. The topological polar surface area (TPSA) is 84.9 Å². The second kappa shape index (κ2) is 7.83. The highest BCUT2D eigenvalue weighted by molar-refractivity contribution is 5.95. The van der Waals surface area contributed by atoms with E-state index in [1.54, 1.807) is 18.2 Å². The lowest BCUT2D eigenvalue weighted by molar-refractivity contribution is -0.136. The van der Waals surface area contributed by atoms with Crippen LogP contribution in [0.4, 0.5) is 0 Å². The summed E-state index contributed by atoms with van der Waals surface area (Å²) in [5.74, 6) is -0.386. The first kappa shape index (κ1) is 15.6. The van der Waals surface area contributed by atoms with Gasteiger partial charge in [0, 0.05) is 12.1 Å². The lowest BCUT2D eigenvalue weighted by Crippen LogP contribution is -2.26. The van der Waals surface area contributed by atoms with Crippen molar-refractivity contribution in [3.05, 3.63) is 36.4 Å². The van der Waals surface area contributed by atoms with Crippen LogP contribution >= 0.6 is 0 Å². The van der Waals surface area contributed by atoms with Crippen LogP contribution in [0.5, 0.6) is 11.5 Å². The predicted molar refractivity (Wildman–Crippen MR) is 73.3 cm³/mol. The number of hydrogen-bond acceptors (Lipinski definition) is 4. The Morgan fingerprint density at radius 2 is 2.15 bits per heavy atom. The van der Waals surface area contributed by atoms with Crippen molar-refractivity contribution in [1.82, 2.24) is 5.32 Å². The molecule has 1 aromatic rings. The summed E-state index contributed by atoms with van der Waals surface area (Å²) in [4.78, 5) is 22.2. The largest absolute Gasteiger partial charge is 0.493 e. The maximum Gasteiger partial charge on any atom is 0.305 e. The normalized spacial score (nSPS) is 9.65. The van der Waals surface area contributed by atoms with Crippen molar-refractivity contribution in [3.8, 4) is 11.5 Å². The first-order chi connectivity index (χ1) is 9.58. The van der Waals surface area contributed by atoms with Crippen molar-refractivity contribution in [3.63, 3.8) is 0 Å². The molecule has 6 heteroatoms. The number of carbonyl (C=O) groups excluding carboxylic acids is 1. The van der Waals surface area contributed by atoms with E-state index in [9.17, 15) is 9.59 Å². The van der Waals surface area contributed by atoms with E-state index in [1.165, 1.54) is 13.2 Å². The number of carboxylic acid groups (broad SMARTS) is 1. The predicted octanol–water partition coefficient (Wildman–Crippen LogP) is 1.46. The van der Waals surface area contributed by atoms with Crippen LogP contribution in [0.15, 0.2) is 30.9 Å². The van der Waals surface area contributed by atoms with Gasteiger partial charge in [0.1, 0.15) is 6.61 Å². The highest BCUT2D eigenvalue weighted by atomic mass is 16.5. The summed E-state index contributed by atoms with van der Waals surface area (Å²) in [6.07, 6.45) is 1.48. The van der Waals surface area contributed by atoms with Crippen LogP contribution < -0.4 is 14.8 Å². The Kier molecular flexibility index (Phi) is 6.09. The number of nitrogens with one attached hydrogen (secondary N) is 1. The van der Waals surface area contributed by atoms with Crippen LogP contribution in [0.2, 0.25) is 0 Å². The zero-order valence-corrected chi connectivity index (χ0v) is 11.2. The maximum absolute atomic E-state index is 11.8. The van der Waals surface area contributed by atoms with Gasteiger partial charge in [0.15, 0.2) is 11.5 Å². The number of ether oxygens (including phenoxy) is 2. The van der Waals surface area contributed by atoms with Gasteiger partial charge in [0.25, 0.3) is 5.91 Å². The van der Waals surface area contributed by atoms with Gasteiger partial charge in [-0.2, -0.15) is 0 Å². The SMILES string of the molecule is C=CCOc1ccc(C(=O)NCCC(=O)O)cc1OC. The van der Waals surface area contributed by atoms with Crippen LogP contribution in [0.25, 0.3) is 0 Å². The monoisotopic (exact) mass is 279 g/mol. The lowest BCUT2D eigenvalue weighted by Gasteiger charge is -2.11. The van der Waals surface area contributed by atoms with Crippen LogP contribution in [-0.4, -0.2) is 37.2 Å². The summed E-state index contributed by atoms with van der Waals surface area (Å²) in [5.41, 5.74) is 0.373. The van der Waals surface area contributed by atoms with Crippen molar-refractivity contribution < 1.29 is 24.2 Å². The summed E-state index contributed by atoms with van der Waals surface area (Å²) in [7, 11) is 1.47. The van der Waals surface area contributed by atoms with Gasteiger partial charge in [-0.15, -0.1) is 0 Å². The quantitative estimate of drug-likeness (QED) is 0.704. The van der Waals surface area contributed by atoms with E-state index in [0.717, 1.165) is 0 Å². The molecule has 0 aliphatic carbocycles. The number of methoxy groups -OCH3 is 1. The third kappa shape index (κ3) is 4.64. The van der Waals surface area contributed by atoms with E-state index in [0.29, 0.717) is 23.7 Å². The molecule has 20 heavy (non-hydrogen) atoms. The molecule has 2 N–H and O–H groups in total. The summed E-state index contributed by atoms with van der Waals surface area (Å²) in [6.45, 7) is 3.96. The molecular weight excluding hydrogens is 262 g/mol. The molecule has 0 atom stereocenters. The van der Waals surface area contributed by atoms with Gasteiger partial charge in [0.05, 0.1) is 13.5 Å². The van der Waals surface area contributed by atoms with Gasteiger partial charge in [-0.1, -0.05) is 12.7 Å². The van der Waals surface area contributed by atoms with Gasteiger partial charge in [-0.05, 0) is 18.2 Å². The Morgan fingerprint density at radius 3 is 2.75 bits per heavy atom. The fraction of sp³-hybridized carbons (Fsp3) is 0.286. The first-order valence-electron chi connectivity index (χ1n) is 6.00. The van der Waals surface area contributed by atoms with Gasteiger partial charge >= 0.3 is 5.97 Å². The van der Waals surface area contributed by atoms with E-state index in [1.807, 2.05) is 0 Å². The molecule has 0 saturated carbocycles. The minimum atomic E-state index is -0.962. The second-order valence-corrected chi connectivity index (χ2v) is 3.86. The van der Waals surface area contributed by atoms with Crippen molar-refractivity contribution in [1.29, 1.82) is 0 Å². The lowest BCUT2D eigenvalue weighted by atomic mass is 10.2. The first-order valence-corrected chi connectivity index (χ1v) is 6.00. The number of amides is 1. The Morgan fingerprint density at radius 1 is 1.40 bits per heavy atom. The average Bonchev–Trinajstić information content (AvgIpc) is 2.44. The minimum absolute atomic E-state index is 0.0746. The molecular formula is C14H17NO5. The molecule has 0 bridgehead atoms. The van der Waals surface area contributed by atoms with E-state index in [2.05, 4.69) is 11.9 Å². The van der Waals surface area contributed by atoms with E-state index < -0.39 is 5.97 Å². The van der Waals surface area contributed by atoms with Gasteiger partial charge in [-0.3, -0.25) is 9.59 Å². The zero-order chi connectivity index (χ0) is 15.0. The van der Waals surface area contributed by atoms with Crippen molar-refractivity contribution in [2.45, 2.75) is 6.42 Å². The molecule has 0 aromatic heterocycles. The van der Waals surface area contributed by atoms with E-state index >= 15 is 0 Å². The second-order valence-electron chi connectivity index (χ2n) is 3.86. The summed E-state index contributed by atoms with van der Waals surface area (Å²) < 4.78 is 10.5.